The van der Waals surface area contributed by atoms with Gasteiger partial charge in [-0.15, -0.1) is 0 Å². The molecule has 2 aliphatic heterocycles. The van der Waals surface area contributed by atoms with Crippen molar-refractivity contribution in [2.45, 2.75) is 77.6 Å². The molecule has 2 saturated heterocycles. The Hall–Kier alpha value is -3.76. The summed E-state index contributed by atoms with van der Waals surface area (Å²) in [5, 5.41) is 4.76. The fourth-order valence-electron chi connectivity index (χ4n) is 6.49. The van der Waals surface area contributed by atoms with Gasteiger partial charge in [-0.05, 0) is 111 Å². The van der Waals surface area contributed by atoms with E-state index in [0.29, 0.717) is 23.2 Å². The molecular weight excluding hydrogens is 552 g/mol. The molecule has 1 atom stereocenters. The fraction of sp³-hybridized carbons (Fsp3) is 0.529. The van der Waals surface area contributed by atoms with Crippen molar-refractivity contribution in [2.75, 3.05) is 45.7 Å². The number of hydrogen-bond donors (Lipinski definition) is 0. The highest BCUT2D eigenvalue weighted by molar-refractivity contribution is 5.97. The summed E-state index contributed by atoms with van der Waals surface area (Å²) < 4.78 is 9.32. The van der Waals surface area contributed by atoms with Crippen LogP contribution in [0, 0.1) is 0 Å². The van der Waals surface area contributed by atoms with Crippen LogP contribution in [-0.2, 0) is 11.3 Å². The first kappa shape index (κ1) is 30.3. The van der Waals surface area contributed by atoms with Gasteiger partial charge in [0.25, 0.3) is 0 Å². The highest BCUT2D eigenvalue weighted by Crippen LogP contribution is 2.35. The number of nitrogens with zero attached hydrogens (tertiary/aromatic N) is 8. The topological polar surface area (TPSA) is 84.6 Å². The van der Waals surface area contributed by atoms with E-state index in [1.54, 1.807) is 12.4 Å². The minimum absolute atomic E-state index is 0.353. The van der Waals surface area contributed by atoms with Gasteiger partial charge in [-0.1, -0.05) is 0 Å². The Bertz CT molecular complexity index is 1640. The van der Waals surface area contributed by atoms with Crippen LogP contribution in [0.25, 0.3) is 33.5 Å². The van der Waals surface area contributed by atoms with Gasteiger partial charge in [-0.25, -0.2) is 19.3 Å². The van der Waals surface area contributed by atoms with Gasteiger partial charge in [-0.3, -0.25) is 4.68 Å². The maximum absolute atomic E-state index is 13.4. The Labute approximate surface area is 260 Å². The van der Waals surface area contributed by atoms with Crippen molar-refractivity contribution < 1.29 is 9.53 Å². The van der Waals surface area contributed by atoms with Gasteiger partial charge in [0.1, 0.15) is 11.1 Å². The van der Waals surface area contributed by atoms with E-state index >= 15 is 0 Å². The number of carbonyl (C=O) groups is 1. The number of piperidine rings is 1. The number of aromatic nitrogens is 5. The number of hydrogen-bond acceptors (Lipinski definition) is 8. The van der Waals surface area contributed by atoms with Gasteiger partial charge >= 0.3 is 6.09 Å². The lowest BCUT2D eigenvalue weighted by Gasteiger charge is -2.28. The van der Waals surface area contributed by atoms with E-state index in [1.807, 2.05) is 27.0 Å². The summed E-state index contributed by atoms with van der Waals surface area (Å²) in [7, 11) is 6.35. The smallest absolute Gasteiger partial charge is 0.420 e. The molecule has 10 nitrogen and oxygen atoms in total. The van der Waals surface area contributed by atoms with Gasteiger partial charge in [0, 0.05) is 53.9 Å². The van der Waals surface area contributed by atoms with E-state index in [2.05, 4.69) is 71.8 Å². The maximum atomic E-state index is 13.4. The van der Waals surface area contributed by atoms with Crippen molar-refractivity contribution in [1.82, 2.24) is 34.1 Å². The normalized spacial score (nSPS) is 18.5. The van der Waals surface area contributed by atoms with Crippen LogP contribution in [0.4, 0.5) is 10.5 Å². The van der Waals surface area contributed by atoms with Crippen LogP contribution in [0.15, 0.2) is 43.0 Å². The summed E-state index contributed by atoms with van der Waals surface area (Å²) in [5.74, 6) is 0. The molecule has 1 aromatic carbocycles. The van der Waals surface area contributed by atoms with Crippen LogP contribution < -0.4 is 4.90 Å². The van der Waals surface area contributed by atoms with Crippen LogP contribution in [0.1, 0.15) is 65.0 Å². The minimum Gasteiger partial charge on any atom is -0.443 e. The molecule has 2 aliphatic rings. The summed E-state index contributed by atoms with van der Waals surface area (Å²) in [4.78, 5) is 30.4. The first-order valence-corrected chi connectivity index (χ1v) is 15.9. The molecule has 0 unspecified atom stereocenters. The van der Waals surface area contributed by atoms with Crippen molar-refractivity contribution in [3.63, 3.8) is 0 Å². The lowest BCUT2D eigenvalue weighted by atomic mass is 10.0. The Morgan fingerprint density at radius 2 is 1.80 bits per heavy atom. The SMILES string of the molecule is C[C@@H]1CCCN1c1cc(CN(C)C)cc(-c2cnc3c(n2)c(-c2cnn(C4CCN(C)CC4)c2)cn3C(=O)OC(C)(C)C)c1. The first-order chi connectivity index (χ1) is 20.9. The van der Waals surface area contributed by atoms with E-state index in [9.17, 15) is 4.79 Å². The van der Waals surface area contributed by atoms with Crippen LogP contribution in [-0.4, -0.2) is 92.6 Å². The molecule has 0 saturated carbocycles. The van der Waals surface area contributed by atoms with Gasteiger partial charge < -0.3 is 19.4 Å². The zero-order chi connectivity index (χ0) is 31.2. The van der Waals surface area contributed by atoms with Crippen LogP contribution >= 0.6 is 0 Å². The lowest BCUT2D eigenvalue weighted by Crippen LogP contribution is -2.31. The van der Waals surface area contributed by atoms with E-state index < -0.39 is 11.7 Å². The minimum atomic E-state index is -0.643. The van der Waals surface area contributed by atoms with Crippen LogP contribution in [0.2, 0.25) is 0 Å². The average molecular weight is 599 g/mol. The monoisotopic (exact) mass is 598 g/mol. The highest BCUT2D eigenvalue weighted by atomic mass is 16.6. The summed E-state index contributed by atoms with van der Waals surface area (Å²) >= 11 is 0. The molecule has 2 fully saturated rings. The average Bonchev–Trinajstić information content (AvgIpc) is 3.70. The summed E-state index contributed by atoms with van der Waals surface area (Å²) in [6, 6.07) is 7.61. The van der Waals surface area contributed by atoms with Crippen molar-refractivity contribution in [1.29, 1.82) is 0 Å². The van der Waals surface area contributed by atoms with Crippen molar-refractivity contribution in [3.05, 3.63) is 48.5 Å². The third-order valence-electron chi connectivity index (χ3n) is 8.72. The van der Waals surface area contributed by atoms with Gasteiger partial charge in [0.2, 0.25) is 0 Å². The van der Waals surface area contributed by atoms with Gasteiger partial charge in [-0.2, -0.15) is 5.10 Å². The molecule has 0 N–H and O–H groups in total. The summed E-state index contributed by atoms with van der Waals surface area (Å²) in [6.45, 7) is 11.9. The van der Waals surface area contributed by atoms with Crippen LogP contribution in [0.3, 0.4) is 0 Å². The predicted molar refractivity (Wildman–Crippen MR) is 175 cm³/mol. The summed E-state index contributed by atoms with van der Waals surface area (Å²) in [5.41, 5.74) is 6.46. The van der Waals surface area contributed by atoms with Crippen LogP contribution in [0.5, 0.6) is 0 Å². The zero-order valence-corrected chi connectivity index (χ0v) is 27.2. The second-order valence-electron chi connectivity index (χ2n) is 13.9. The second-order valence-corrected chi connectivity index (χ2v) is 13.9. The van der Waals surface area contributed by atoms with Crippen molar-refractivity contribution in [2.24, 2.45) is 0 Å². The van der Waals surface area contributed by atoms with E-state index in [0.717, 1.165) is 61.4 Å². The molecule has 44 heavy (non-hydrogen) atoms. The van der Waals surface area contributed by atoms with E-state index in [1.165, 1.54) is 28.7 Å². The summed E-state index contributed by atoms with van der Waals surface area (Å²) in [6.07, 6.45) is 11.6. The molecule has 6 rings (SSSR count). The van der Waals surface area contributed by atoms with Gasteiger partial charge in [0.15, 0.2) is 5.65 Å². The maximum Gasteiger partial charge on any atom is 0.420 e. The number of anilines is 1. The molecule has 5 heterocycles. The third kappa shape index (κ3) is 6.37. The number of likely N-dealkylation sites (tertiary alicyclic amines) is 1. The largest absolute Gasteiger partial charge is 0.443 e. The standard InChI is InChI=1S/C34H46N8O2/c1-23-9-8-12-40(23)28-16-24(20-38(5)6)15-25(17-28)30-19-35-32-31(37-30)29(22-41(32)33(43)44-34(2,3)4)26-18-36-42(21-26)27-10-13-39(7)14-11-27/h15-19,21-23,27H,8-14,20H2,1-7H3/t23-/m1/s1. The van der Waals surface area contributed by atoms with E-state index in [-0.39, 0.29) is 0 Å². The van der Waals surface area contributed by atoms with Crippen molar-refractivity contribution >= 4 is 22.9 Å². The molecular formula is C34H46N8O2. The Kier molecular flexibility index (Phi) is 8.24. The molecule has 0 aliphatic carbocycles. The highest BCUT2D eigenvalue weighted by Gasteiger charge is 2.26. The molecule has 3 aromatic heterocycles. The lowest BCUT2D eigenvalue weighted by molar-refractivity contribution is 0.0543. The number of ether oxygens (including phenoxy) is 1. The number of rotatable bonds is 6. The Balaban J connectivity index is 1.45. The Morgan fingerprint density at radius 1 is 1.02 bits per heavy atom. The first-order valence-electron chi connectivity index (χ1n) is 15.9. The van der Waals surface area contributed by atoms with E-state index in [4.69, 9.17) is 19.8 Å². The predicted octanol–water partition coefficient (Wildman–Crippen LogP) is 6.06. The second kappa shape index (κ2) is 12.0. The molecule has 0 radical (unpaired) electrons. The molecule has 10 heteroatoms. The molecule has 0 amide bonds. The number of benzene rings is 1. The fourth-order valence-corrected chi connectivity index (χ4v) is 6.49. The zero-order valence-electron chi connectivity index (χ0n) is 27.2. The number of fused-ring (bicyclic) bond motifs is 1. The molecule has 234 valence electrons. The molecule has 4 aromatic rings. The quantitative estimate of drug-likeness (QED) is 0.265. The number of carbonyl (C=O) groups excluding carboxylic acids is 1. The van der Waals surface area contributed by atoms with Gasteiger partial charge in [0.05, 0.1) is 24.1 Å². The molecule has 0 bridgehead atoms. The third-order valence-corrected chi connectivity index (χ3v) is 8.72. The van der Waals surface area contributed by atoms with Crippen molar-refractivity contribution in [3.8, 4) is 22.4 Å². The molecule has 0 spiro atoms. The Morgan fingerprint density at radius 3 is 2.48 bits per heavy atom.